The fraction of sp³-hybridized carbons (Fsp3) is 0.429. The molecule has 0 heterocycles. The SMILES string of the molecule is CC(C=O)N(C(=O)OC(C)(C)C)c1ccccc1. The number of nitrogens with zero attached hydrogens (tertiary/aromatic N) is 1. The lowest BCUT2D eigenvalue weighted by atomic mass is 10.2. The van der Waals surface area contributed by atoms with Gasteiger partial charge in [0, 0.05) is 5.69 Å². The van der Waals surface area contributed by atoms with E-state index in [4.69, 9.17) is 4.74 Å². The number of hydrogen-bond acceptors (Lipinski definition) is 3. The molecule has 0 aromatic heterocycles. The quantitative estimate of drug-likeness (QED) is 0.773. The molecule has 0 saturated carbocycles. The lowest BCUT2D eigenvalue weighted by Crippen LogP contribution is -2.43. The van der Waals surface area contributed by atoms with Crippen molar-refractivity contribution in [2.24, 2.45) is 0 Å². The van der Waals surface area contributed by atoms with Crippen molar-refractivity contribution in [2.75, 3.05) is 4.90 Å². The topological polar surface area (TPSA) is 46.6 Å². The summed E-state index contributed by atoms with van der Waals surface area (Å²) in [5.74, 6) is 0. The number of carbonyl (C=O) groups excluding carboxylic acids is 2. The predicted octanol–water partition coefficient (Wildman–Crippen LogP) is 3.02. The van der Waals surface area contributed by atoms with E-state index in [1.165, 1.54) is 4.90 Å². The number of aldehydes is 1. The molecule has 0 aliphatic carbocycles. The van der Waals surface area contributed by atoms with Crippen molar-refractivity contribution in [1.82, 2.24) is 0 Å². The molecule has 1 atom stereocenters. The molecule has 1 rings (SSSR count). The van der Waals surface area contributed by atoms with Gasteiger partial charge in [-0.15, -0.1) is 0 Å². The Morgan fingerprint density at radius 2 is 1.83 bits per heavy atom. The molecule has 98 valence electrons. The van der Waals surface area contributed by atoms with Crippen LogP contribution in [0.5, 0.6) is 0 Å². The Hall–Kier alpha value is -1.84. The van der Waals surface area contributed by atoms with Crippen LogP contribution in [0.4, 0.5) is 10.5 Å². The summed E-state index contributed by atoms with van der Waals surface area (Å²) in [6.45, 7) is 7.03. The van der Waals surface area contributed by atoms with Gasteiger partial charge in [-0.1, -0.05) is 18.2 Å². The average Bonchev–Trinajstić information content (AvgIpc) is 2.28. The largest absolute Gasteiger partial charge is 0.443 e. The maximum atomic E-state index is 12.1. The summed E-state index contributed by atoms with van der Waals surface area (Å²) in [4.78, 5) is 24.4. The summed E-state index contributed by atoms with van der Waals surface area (Å²) in [5.41, 5.74) is 0.0542. The molecule has 1 aromatic rings. The third kappa shape index (κ3) is 3.87. The molecule has 0 aliphatic heterocycles. The van der Waals surface area contributed by atoms with Crippen LogP contribution in [0.25, 0.3) is 0 Å². The van der Waals surface area contributed by atoms with E-state index < -0.39 is 17.7 Å². The monoisotopic (exact) mass is 249 g/mol. The molecule has 1 aromatic carbocycles. The van der Waals surface area contributed by atoms with Gasteiger partial charge in [-0.3, -0.25) is 4.90 Å². The normalized spacial score (nSPS) is 12.7. The van der Waals surface area contributed by atoms with E-state index >= 15 is 0 Å². The van der Waals surface area contributed by atoms with Gasteiger partial charge in [0.25, 0.3) is 0 Å². The number of amides is 1. The Labute approximate surface area is 108 Å². The van der Waals surface area contributed by atoms with E-state index in [1.54, 1.807) is 39.8 Å². The minimum absolute atomic E-state index is 0.520. The maximum Gasteiger partial charge on any atom is 0.415 e. The number of benzene rings is 1. The summed E-state index contributed by atoms with van der Waals surface area (Å²) in [7, 11) is 0. The standard InChI is InChI=1S/C14H19NO3/c1-11(10-16)15(12-8-6-5-7-9-12)13(17)18-14(2,3)4/h5-11H,1-4H3. The molecule has 1 amide bonds. The van der Waals surface area contributed by atoms with Crippen molar-refractivity contribution in [2.45, 2.75) is 39.3 Å². The minimum atomic E-state index is -0.591. The van der Waals surface area contributed by atoms with E-state index in [9.17, 15) is 9.59 Å². The summed E-state index contributed by atoms with van der Waals surface area (Å²) >= 11 is 0. The van der Waals surface area contributed by atoms with Gasteiger partial charge in [0.05, 0.1) is 6.04 Å². The van der Waals surface area contributed by atoms with Crippen LogP contribution in [-0.2, 0) is 9.53 Å². The molecule has 0 fully saturated rings. The van der Waals surface area contributed by atoms with Crippen molar-refractivity contribution < 1.29 is 14.3 Å². The first kappa shape index (κ1) is 14.2. The van der Waals surface area contributed by atoms with Gasteiger partial charge >= 0.3 is 6.09 Å². The molecule has 0 N–H and O–H groups in total. The molecular weight excluding hydrogens is 230 g/mol. The highest BCUT2D eigenvalue weighted by Crippen LogP contribution is 2.19. The number of anilines is 1. The van der Waals surface area contributed by atoms with Crippen molar-refractivity contribution in [3.63, 3.8) is 0 Å². The Balaban J connectivity index is 3.00. The van der Waals surface area contributed by atoms with E-state index in [-0.39, 0.29) is 0 Å². The average molecular weight is 249 g/mol. The van der Waals surface area contributed by atoms with E-state index in [0.29, 0.717) is 5.69 Å². The van der Waals surface area contributed by atoms with E-state index in [1.807, 2.05) is 18.2 Å². The second kappa shape index (κ2) is 5.67. The van der Waals surface area contributed by atoms with Crippen molar-refractivity contribution in [3.05, 3.63) is 30.3 Å². The number of carbonyl (C=O) groups is 2. The zero-order valence-electron chi connectivity index (χ0n) is 11.2. The smallest absolute Gasteiger partial charge is 0.415 e. The fourth-order valence-electron chi connectivity index (χ4n) is 1.47. The highest BCUT2D eigenvalue weighted by atomic mass is 16.6. The Bertz CT molecular complexity index is 409. The Morgan fingerprint density at radius 1 is 1.28 bits per heavy atom. The summed E-state index contributed by atoms with van der Waals surface area (Å²) in [6.07, 6.45) is 0.199. The number of hydrogen-bond donors (Lipinski definition) is 0. The van der Waals surface area contributed by atoms with Crippen LogP contribution in [-0.4, -0.2) is 24.0 Å². The Kier molecular flexibility index (Phi) is 4.48. The van der Waals surface area contributed by atoms with Gasteiger partial charge in [-0.2, -0.15) is 0 Å². The first-order valence-electron chi connectivity index (χ1n) is 5.87. The van der Waals surface area contributed by atoms with Crippen LogP contribution in [0, 0.1) is 0 Å². The molecule has 4 nitrogen and oxygen atoms in total. The van der Waals surface area contributed by atoms with Gasteiger partial charge in [-0.25, -0.2) is 4.79 Å². The summed E-state index contributed by atoms with van der Waals surface area (Å²) in [5, 5.41) is 0. The molecule has 0 saturated heterocycles. The second-order valence-corrected chi connectivity index (χ2v) is 5.06. The van der Waals surface area contributed by atoms with Gasteiger partial charge in [-0.05, 0) is 39.8 Å². The third-order valence-corrected chi connectivity index (χ3v) is 2.23. The first-order valence-corrected chi connectivity index (χ1v) is 5.87. The van der Waals surface area contributed by atoms with E-state index in [0.717, 1.165) is 6.29 Å². The van der Waals surface area contributed by atoms with Gasteiger partial charge in [0.15, 0.2) is 0 Å². The molecule has 18 heavy (non-hydrogen) atoms. The zero-order chi connectivity index (χ0) is 13.8. The molecule has 1 unspecified atom stereocenters. The zero-order valence-corrected chi connectivity index (χ0v) is 11.2. The molecule has 0 spiro atoms. The predicted molar refractivity (Wildman–Crippen MR) is 70.7 cm³/mol. The highest BCUT2D eigenvalue weighted by molar-refractivity contribution is 5.92. The van der Waals surface area contributed by atoms with Crippen LogP contribution in [0.2, 0.25) is 0 Å². The molecule has 0 radical (unpaired) electrons. The van der Waals surface area contributed by atoms with Crippen LogP contribution in [0.3, 0.4) is 0 Å². The van der Waals surface area contributed by atoms with E-state index in [2.05, 4.69) is 0 Å². The van der Waals surface area contributed by atoms with Crippen LogP contribution in [0.15, 0.2) is 30.3 Å². The second-order valence-electron chi connectivity index (χ2n) is 5.06. The maximum absolute atomic E-state index is 12.1. The number of ether oxygens (including phenoxy) is 1. The third-order valence-electron chi connectivity index (χ3n) is 2.23. The van der Waals surface area contributed by atoms with Crippen LogP contribution in [0.1, 0.15) is 27.7 Å². The lowest BCUT2D eigenvalue weighted by molar-refractivity contribution is -0.108. The van der Waals surface area contributed by atoms with Gasteiger partial charge in [0.2, 0.25) is 0 Å². The van der Waals surface area contributed by atoms with Gasteiger partial charge < -0.3 is 9.53 Å². The first-order chi connectivity index (χ1) is 8.35. The summed E-state index contributed by atoms with van der Waals surface area (Å²) < 4.78 is 5.31. The molecular formula is C14H19NO3. The van der Waals surface area contributed by atoms with Crippen LogP contribution >= 0.6 is 0 Å². The summed E-state index contributed by atoms with van der Waals surface area (Å²) in [6, 6.07) is 8.44. The number of rotatable bonds is 3. The minimum Gasteiger partial charge on any atom is -0.443 e. The van der Waals surface area contributed by atoms with Gasteiger partial charge in [0.1, 0.15) is 11.9 Å². The number of para-hydroxylation sites is 1. The van der Waals surface area contributed by atoms with Crippen LogP contribution < -0.4 is 4.90 Å². The van der Waals surface area contributed by atoms with Crippen molar-refractivity contribution in [1.29, 1.82) is 0 Å². The fourth-order valence-corrected chi connectivity index (χ4v) is 1.47. The lowest BCUT2D eigenvalue weighted by Gasteiger charge is -2.29. The Morgan fingerprint density at radius 3 is 2.28 bits per heavy atom. The van der Waals surface area contributed by atoms with Crippen molar-refractivity contribution in [3.8, 4) is 0 Å². The highest BCUT2D eigenvalue weighted by Gasteiger charge is 2.26. The molecule has 0 bridgehead atoms. The van der Waals surface area contributed by atoms with Crippen molar-refractivity contribution >= 4 is 18.1 Å². The molecule has 4 heteroatoms. The molecule has 0 aliphatic rings.